The lowest BCUT2D eigenvalue weighted by Crippen LogP contribution is -2.23. The van der Waals surface area contributed by atoms with E-state index in [4.69, 9.17) is 21.3 Å². The van der Waals surface area contributed by atoms with Crippen LogP contribution in [0, 0.1) is 6.92 Å². The number of hydrogen-bond acceptors (Lipinski definition) is 3. The number of hydrogen-bond donors (Lipinski definition) is 0. The third-order valence-electron chi connectivity index (χ3n) is 3.56. The van der Waals surface area contributed by atoms with Gasteiger partial charge in [-0.3, -0.25) is 0 Å². The number of fused-ring (bicyclic) bond motifs is 1. The van der Waals surface area contributed by atoms with E-state index in [0.29, 0.717) is 11.9 Å². The number of pyridine rings is 1. The van der Waals surface area contributed by atoms with E-state index in [0.717, 1.165) is 55.0 Å². The first kappa shape index (κ1) is 12.9. The van der Waals surface area contributed by atoms with Crippen molar-refractivity contribution in [2.24, 2.45) is 0 Å². The SMILES string of the molecule is Cc1cnc2c(c1)nc(CCCl)n2C1CCCOC1. The van der Waals surface area contributed by atoms with Crippen molar-refractivity contribution in [2.75, 3.05) is 19.1 Å². The lowest BCUT2D eigenvalue weighted by molar-refractivity contribution is 0.0594. The number of halogens is 1. The van der Waals surface area contributed by atoms with Crippen LogP contribution >= 0.6 is 11.6 Å². The zero-order chi connectivity index (χ0) is 13.2. The van der Waals surface area contributed by atoms with E-state index in [1.54, 1.807) is 0 Å². The summed E-state index contributed by atoms with van der Waals surface area (Å²) in [5, 5.41) is 0. The predicted molar refractivity (Wildman–Crippen MR) is 75.8 cm³/mol. The fourth-order valence-electron chi connectivity index (χ4n) is 2.70. The van der Waals surface area contributed by atoms with Crippen molar-refractivity contribution in [3.8, 4) is 0 Å². The number of nitrogens with zero attached hydrogens (tertiary/aromatic N) is 3. The first-order valence-corrected chi connectivity index (χ1v) is 7.30. The van der Waals surface area contributed by atoms with E-state index in [1.165, 1.54) is 0 Å². The molecule has 2 aromatic rings. The van der Waals surface area contributed by atoms with Gasteiger partial charge in [0.1, 0.15) is 11.3 Å². The minimum Gasteiger partial charge on any atom is -0.379 e. The largest absolute Gasteiger partial charge is 0.379 e. The molecular weight excluding hydrogens is 262 g/mol. The van der Waals surface area contributed by atoms with Crippen LogP contribution in [0.2, 0.25) is 0 Å². The van der Waals surface area contributed by atoms with E-state index >= 15 is 0 Å². The molecule has 19 heavy (non-hydrogen) atoms. The molecule has 102 valence electrons. The molecule has 1 atom stereocenters. The van der Waals surface area contributed by atoms with Crippen LogP contribution in [0.15, 0.2) is 12.3 Å². The molecule has 1 aliphatic rings. The summed E-state index contributed by atoms with van der Waals surface area (Å²) < 4.78 is 7.83. The van der Waals surface area contributed by atoms with Gasteiger partial charge in [0.25, 0.3) is 0 Å². The first-order valence-electron chi connectivity index (χ1n) is 6.77. The zero-order valence-corrected chi connectivity index (χ0v) is 11.9. The van der Waals surface area contributed by atoms with Gasteiger partial charge in [0.05, 0.1) is 12.6 Å². The standard InChI is InChI=1S/C14H18ClN3O/c1-10-7-12-14(16-8-10)18(13(17-12)4-5-15)11-3-2-6-19-9-11/h7-8,11H,2-6,9H2,1H3. The van der Waals surface area contributed by atoms with E-state index in [9.17, 15) is 0 Å². The Kier molecular flexibility index (Phi) is 3.71. The summed E-state index contributed by atoms with van der Waals surface area (Å²) in [7, 11) is 0. The van der Waals surface area contributed by atoms with E-state index in [2.05, 4.69) is 15.6 Å². The first-order chi connectivity index (χ1) is 9.29. The predicted octanol–water partition coefficient (Wildman–Crippen LogP) is 2.87. The average molecular weight is 280 g/mol. The minimum atomic E-state index is 0.340. The highest BCUT2D eigenvalue weighted by atomic mass is 35.5. The molecule has 1 unspecified atom stereocenters. The molecule has 0 spiro atoms. The topological polar surface area (TPSA) is 39.9 Å². The van der Waals surface area contributed by atoms with Gasteiger partial charge in [-0.15, -0.1) is 11.6 Å². The van der Waals surface area contributed by atoms with Crippen molar-refractivity contribution in [3.05, 3.63) is 23.7 Å². The molecule has 4 nitrogen and oxygen atoms in total. The number of imidazole rings is 1. The van der Waals surface area contributed by atoms with Gasteiger partial charge in [0, 0.05) is 25.1 Å². The van der Waals surface area contributed by atoms with E-state index < -0.39 is 0 Å². The maximum Gasteiger partial charge on any atom is 0.160 e. The lowest BCUT2D eigenvalue weighted by Gasteiger charge is -2.25. The molecule has 0 aliphatic carbocycles. The van der Waals surface area contributed by atoms with Gasteiger partial charge < -0.3 is 9.30 Å². The molecule has 2 aromatic heterocycles. The Morgan fingerprint density at radius 3 is 3.16 bits per heavy atom. The summed E-state index contributed by atoms with van der Waals surface area (Å²) in [4.78, 5) is 9.26. The van der Waals surface area contributed by atoms with Crippen molar-refractivity contribution in [1.29, 1.82) is 0 Å². The van der Waals surface area contributed by atoms with Gasteiger partial charge >= 0.3 is 0 Å². The Morgan fingerprint density at radius 1 is 1.53 bits per heavy atom. The molecular formula is C14H18ClN3O. The van der Waals surface area contributed by atoms with Crippen LogP contribution in [0.4, 0.5) is 0 Å². The summed E-state index contributed by atoms with van der Waals surface area (Å²) in [6, 6.07) is 2.42. The monoisotopic (exact) mass is 279 g/mol. The minimum absolute atomic E-state index is 0.340. The van der Waals surface area contributed by atoms with E-state index in [1.807, 2.05) is 13.1 Å². The van der Waals surface area contributed by atoms with Crippen LogP contribution in [0.25, 0.3) is 11.2 Å². The Balaban J connectivity index is 2.09. The van der Waals surface area contributed by atoms with Crippen molar-refractivity contribution in [2.45, 2.75) is 32.2 Å². The van der Waals surface area contributed by atoms with Crippen LogP contribution in [0.5, 0.6) is 0 Å². The van der Waals surface area contributed by atoms with Crippen LogP contribution in [0.1, 0.15) is 30.3 Å². The normalized spacial score (nSPS) is 20.0. The molecule has 0 saturated carbocycles. The van der Waals surface area contributed by atoms with Gasteiger partial charge in [-0.05, 0) is 31.4 Å². The van der Waals surface area contributed by atoms with Gasteiger partial charge in [-0.25, -0.2) is 9.97 Å². The number of alkyl halides is 1. The second-order valence-corrected chi connectivity index (χ2v) is 5.44. The van der Waals surface area contributed by atoms with E-state index in [-0.39, 0.29) is 0 Å². The summed E-state index contributed by atoms with van der Waals surface area (Å²) in [5.74, 6) is 1.61. The molecule has 0 amide bonds. The van der Waals surface area contributed by atoms with Gasteiger partial charge in [-0.1, -0.05) is 0 Å². The molecule has 1 aliphatic heterocycles. The van der Waals surface area contributed by atoms with Crippen molar-refractivity contribution >= 4 is 22.8 Å². The van der Waals surface area contributed by atoms with Crippen LogP contribution < -0.4 is 0 Å². The summed E-state index contributed by atoms with van der Waals surface area (Å²) >= 11 is 5.90. The van der Waals surface area contributed by atoms with Crippen molar-refractivity contribution < 1.29 is 4.74 Å². The van der Waals surface area contributed by atoms with Crippen LogP contribution in [0.3, 0.4) is 0 Å². The fourth-order valence-corrected chi connectivity index (χ4v) is 2.87. The third-order valence-corrected chi connectivity index (χ3v) is 3.75. The molecule has 1 fully saturated rings. The molecule has 0 radical (unpaired) electrons. The van der Waals surface area contributed by atoms with Crippen molar-refractivity contribution in [3.63, 3.8) is 0 Å². The molecule has 5 heteroatoms. The van der Waals surface area contributed by atoms with Crippen LogP contribution in [-0.4, -0.2) is 33.6 Å². The maximum atomic E-state index is 5.90. The Hall–Kier alpha value is -1.13. The lowest BCUT2D eigenvalue weighted by atomic mass is 10.1. The second kappa shape index (κ2) is 5.47. The number of aryl methyl sites for hydroxylation is 2. The second-order valence-electron chi connectivity index (χ2n) is 5.06. The van der Waals surface area contributed by atoms with Crippen molar-refractivity contribution in [1.82, 2.24) is 14.5 Å². The van der Waals surface area contributed by atoms with Crippen LogP contribution in [-0.2, 0) is 11.2 Å². The molecule has 0 aromatic carbocycles. The van der Waals surface area contributed by atoms with Gasteiger partial charge in [0.2, 0.25) is 0 Å². The highest BCUT2D eigenvalue weighted by Gasteiger charge is 2.22. The maximum absolute atomic E-state index is 5.90. The molecule has 3 heterocycles. The Bertz CT molecular complexity index is 575. The molecule has 1 saturated heterocycles. The highest BCUT2D eigenvalue weighted by Crippen LogP contribution is 2.26. The number of ether oxygens (including phenoxy) is 1. The number of rotatable bonds is 3. The van der Waals surface area contributed by atoms with Gasteiger partial charge in [0.15, 0.2) is 5.65 Å². The summed E-state index contributed by atoms with van der Waals surface area (Å²) in [6.07, 6.45) is 4.88. The molecule has 0 N–H and O–H groups in total. The molecule has 3 rings (SSSR count). The average Bonchev–Trinajstić information content (AvgIpc) is 2.77. The highest BCUT2D eigenvalue weighted by molar-refractivity contribution is 6.17. The smallest absolute Gasteiger partial charge is 0.160 e. The van der Waals surface area contributed by atoms with Gasteiger partial charge in [-0.2, -0.15) is 0 Å². The molecule has 0 bridgehead atoms. The quantitative estimate of drug-likeness (QED) is 0.811. The Morgan fingerprint density at radius 2 is 2.42 bits per heavy atom. The zero-order valence-electron chi connectivity index (χ0n) is 11.1. The fraction of sp³-hybridized carbons (Fsp3) is 0.571. The Labute approximate surface area is 117 Å². The summed E-state index contributed by atoms with van der Waals surface area (Å²) in [6.45, 7) is 3.65. The third kappa shape index (κ3) is 2.47. The number of aromatic nitrogens is 3. The summed E-state index contributed by atoms with van der Waals surface area (Å²) in [5.41, 5.74) is 3.06.